The van der Waals surface area contributed by atoms with Gasteiger partial charge in [-0.25, -0.2) is 0 Å². The highest BCUT2D eigenvalue weighted by Gasteiger charge is 1.99. The number of anilines is 1. The van der Waals surface area contributed by atoms with Gasteiger partial charge in [0.1, 0.15) is 0 Å². The third-order valence-corrected chi connectivity index (χ3v) is 3.02. The predicted octanol–water partition coefficient (Wildman–Crippen LogP) is 2.05. The molecule has 0 aliphatic rings. The molecule has 0 saturated carbocycles. The Balaban J connectivity index is 2.04. The monoisotopic (exact) mass is 278 g/mol. The van der Waals surface area contributed by atoms with E-state index in [0.29, 0.717) is 0 Å². The molecule has 1 rings (SSSR count). The van der Waals surface area contributed by atoms with Gasteiger partial charge < -0.3 is 10.2 Å². The zero-order chi connectivity index (χ0) is 10.4. The zero-order valence-electron chi connectivity index (χ0n) is 8.46. The van der Waals surface area contributed by atoms with Crippen LogP contribution in [0.25, 0.3) is 0 Å². The molecule has 0 spiro atoms. The van der Waals surface area contributed by atoms with Crippen LogP contribution in [0.5, 0.6) is 0 Å². The van der Waals surface area contributed by atoms with Gasteiger partial charge in [-0.05, 0) is 49.4 Å². The van der Waals surface area contributed by atoms with Crippen LogP contribution in [0.3, 0.4) is 0 Å². The van der Waals surface area contributed by atoms with E-state index in [4.69, 9.17) is 0 Å². The third kappa shape index (κ3) is 4.88. The van der Waals surface area contributed by atoms with Crippen LogP contribution in [0, 0.1) is 0 Å². The summed E-state index contributed by atoms with van der Waals surface area (Å²) in [6.45, 7) is 2.11. The molecule has 1 N–H and O–H groups in total. The van der Waals surface area contributed by atoms with E-state index in [1.807, 2.05) is 0 Å². The maximum atomic E-state index is 3.95. The van der Waals surface area contributed by atoms with E-state index in [-0.39, 0.29) is 0 Å². The Morgan fingerprint density at radius 3 is 2.71 bits per heavy atom. The summed E-state index contributed by atoms with van der Waals surface area (Å²) < 4.78 is 0.827. The molecule has 0 aliphatic carbocycles. The minimum Gasteiger partial charge on any atom is -0.360 e. The number of unbranched alkanes of at least 4 members (excludes halogenated alkanes) is 1. The molecule has 0 radical (unpaired) electrons. The van der Waals surface area contributed by atoms with Crippen molar-refractivity contribution in [2.75, 3.05) is 32.5 Å². The van der Waals surface area contributed by atoms with Crippen LogP contribution in [0.15, 0.2) is 3.92 Å². The minimum atomic E-state index is 0.827. The van der Waals surface area contributed by atoms with Gasteiger partial charge in [0.2, 0.25) is 5.13 Å². The smallest absolute Gasteiger partial charge is 0.206 e. The van der Waals surface area contributed by atoms with Crippen molar-refractivity contribution in [2.24, 2.45) is 0 Å². The van der Waals surface area contributed by atoms with Gasteiger partial charge in [0, 0.05) is 6.54 Å². The van der Waals surface area contributed by atoms with Crippen LogP contribution in [-0.4, -0.2) is 42.3 Å². The highest BCUT2D eigenvalue weighted by molar-refractivity contribution is 9.11. The zero-order valence-corrected chi connectivity index (χ0v) is 10.9. The Bertz CT molecular complexity index is 264. The fourth-order valence-electron chi connectivity index (χ4n) is 1.03. The predicted molar refractivity (Wildman–Crippen MR) is 63.9 cm³/mol. The Morgan fingerprint density at radius 2 is 2.14 bits per heavy atom. The van der Waals surface area contributed by atoms with E-state index in [0.717, 1.165) is 28.6 Å². The molecule has 0 fully saturated rings. The van der Waals surface area contributed by atoms with Crippen LogP contribution in [0.2, 0.25) is 0 Å². The number of hydrogen-bond acceptors (Lipinski definition) is 5. The van der Waals surface area contributed by atoms with Crippen LogP contribution >= 0.6 is 27.3 Å². The highest BCUT2D eigenvalue weighted by Crippen LogP contribution is 2.19. The van der Waals surface area contributed by atoms with Crippen LogP contribution in [0.4, 0.5) is 5.13 Å². The van der Waals surface area contributed by atoms with E-state index in [2.05, 4.69) is 50.4 Å². The molecule has 0 amide bonds. The SMILES string of the molecule is CN(C)CCCCNc1nnc(Br)s1. The summed E-state index contributed by atoms with van der Waals surface area (Å²) in [5, 5.41) is 11.9. The second-order valence-corrected chi connectivity index (χ2v) is 5.55. The lowest BCUT2D eigenvalue weighted by molar-refractivity contribution is 0.396. The van der Waals surface area contributed by atoms with Gasteiger partial charge in [-0.3, -0.25) is 0 Å². The number of rotatable bonds is 6. The standard InChI is InChI=1S/C8H15BrN4S/c1-13(2)6-4-3-5-10-8-12-11-7(9)14-8/h3-6H2,1-2H3,(H,10,12). The molecular formula is C8H15BrN4S. The lowest BCUT2D eigenvalue weighted by Crippen LogP contribution is -2.14. The number of nitrogens with zero attached hydrogens (tertiary/aromatic N) is 3. The van der Waals surface area contributed by atoms with Crippen LogP contribution in [0.1, 0.15) is 12.8 Å². The molecule has 80 valence electrons. The van der Waals surface area contributed by atoms with Crippen LogP contribution < -0.4 is 5.32 Å². The van der Waals surface area contributed by atoms with Crippen molar-refractivity contribution in [1.29, 1.82) is 0 Å². The van der Waals surface area contributed by atoms with E-state index >= 15 is 0 Å². The molecule has 0 aliphatic heterocycles. The second kappa shape index (κ2) is 6.31. The number of aromatic nitrogens is 2. The van der Waals surface area contributed by atoms with Crippen molar-refractivity contribution < 1.29 is 0 Å². The first-order chi connectivity index (χ1) is 6.68. The molecule has 0 unspecified atom stereocenters. The van der Waals surface area contributed by atoms with Crippen molar-refractivity contribution >= 4 is 32.4 Å². The average Bonchev–Trinajstić information content (AvgIpc) is 2.50. The largest absolute Gasteiger partial charge is 0.360 e. The maximum absolute atomic E-state index is 3.95. The third-order valence-electron chi connectivity index (χ3n) is 1.71. The Hall–Kier alpha value is -0.200. The van der Waals surface area contributed by atoms with Gasteiger partial charge >= 0.3 is 0 Å². The first-order valence-electron chi connectivity index (χ1n) is 4.56. The van der Waals surface area contributed by atoms with Gasteiger partial charge in [-0.1, -0.05) is 11.3 Å². The van der Waals surface area contributed by atoms with Crippen molar-refractivity contribution in [1.82, 2.24) is 15.1 Å². The first kappa shape index (κ1) is 11.9. The Labute approximate surface area is 96.8 Å². The number of halogens is 1. The fourth-order valence-corrected chi connectivity index (χ4v) is 2.06. The van der Waals surface area contributed by atoms with Gasteiger partial charge in [0.25, 0.3) is 0 Å². The summed E-state index contributed by atoms with van der Waals surface area (Å²) >= 11 is 4.80. The van der Waals surface area contributed by atoms with Crippen molar-refractivity contribution in [3.8, 4) is 0 Å². The summed E-state index contributed by atoms with van der Waals surface area (Å²) in [5.41, 5.74) is 0. The molecule has 1 aromatic rings. The average molecular weight is 279 g/mol. The quantitative estimate of drug-likeness (QED) is 0.809. The molecule has 1 aromatic heterocycles. The fraction of sp³-hybridized carbons (Fsp3) is 0.750. The highest BCUT2D eigenvalue weighted by atomic mass is 79.9. The summed E-state index contributed by atoms with van der Waals surface area (Å²) in [4.78, 5) is 2.20. The Morgan fingerprint density at radius 1 is 1.36 bits per heavy atom. The molecule has 6 heteroatoms. The summed E-state index contributed by atoms with van der Waals surface area (Å²) in [6, 6.07) is 0. The van der Waals surface area contributed by atoms with E-state index in [1.54, 1.807) is 0 Å². The molecule has 0 bridgehead atoms. The summed E-state index contributed by atoms with van der Waals surface area (Å²) in [6.07, 6.45) is 2.37. The number of nitrogens with one attached hydrogen (secondary N) is 1. The first-order valence-corrected chi connectivity index (χ1v) is 6.17. The van der Waals surface area contributed by atoms with Gasteiger partial charge in [0.15, 0.2) is 3.92 Å². The molecule has 0 saturated heterocycles. The molecular weight excluding hydrogens is 264 g/mol. The van der Waals surface area contributed by atoms with Gasteiger partial charge in [-0.2, -0.15) is 0 Å². The molecule has 0 atom stereocenters. The molecule has 1 heterocycles. The summed E-state index contributed by atoms with van der Waals surface area (Å²) in [5.74, 6) is 0. The van der Waals surface area contributed by atoms with E-state index in [1.165, 1.54) is 17.8 Å². The topological polar surface area (TPSA) is 41.0 Å². The maximum Gasteiger partial charge on any atom is 0.206 e. The van der Waals surface area contributed by atoms with E-state index in [9.17, 15) is 0 Å². The van der Waals surface area contributed by atoms with Gasteiger partial charge in [0.05, 0.1) is 0 Å². The molecule has 4 nitrogen and oxygen atoms in total. The van der Waals surface area contributed by atoms with Gasteiger partial charge in [-0.15, -0.1) is 10.2 Å². The summed E-state index contributed by atoms with van der Waals surface area (Å²) in [7, 11) is 4.19. The normalized spacial score (nSPS) is 10.9. The second-order valence-electron chi connectivity index (χ2n) is 3.30. The lowest BCUT2D eigenvalue weighted by Gasteiger charge is -2.08. The molecule has 14 heavy (non-hydrogen) atoms. The Kier molecular flexibility index (Phi) is 5.36. The lowest BCUT2D eigenvalue weighted by atomic mass is 10.3. The van der Waals surface area contributed by atoms with Crippen molar-refractivity contribution in [2.45, 2.75) is 12.8 Å². The van der Waals surface area contributed by atoms with E-state index < -0.39 is 0 Å². The number of hydrogen-bond donors (Lipinski definition) is 1. The minimum absolute atomic E-state index is 0.827. The van der Waals surface area contributed by atoms with Crippen molar-refractivity contribution in [3.05, 3.63) is 3.92 Å². The molecule has 0 aromatic carbocycles. The van der Waals surface area contributed by atoms with Crippen LogP contribution in [-0.2, 0) is 0 Å². The van der Waals surface area contributed by atoms with Crippen molar-refractivity contribution in [3.63, 3.8) is 0 Å².